The second-order valence-corrected chi connectivity index (χ2v) is 5.48. The molecule has 0 aliphatic carbocycles. The first-order chi connectivity index (χ1) is 11.9. The monoisotopic (exact) mass is 361 g/mol. The number of hydrogen-bond donors (Lipinski definition) is 2. The van der Waals surface area contributed by atoms with Crippen molar-refractivity contribution in [2.45, 2.75) is 0 Å². The highest BCUT2D eigenvalue weighted by molar-refractivity contribution is 6.32. The van der Waals surface area contributed by atoms with Crippen LogP contribution in [0.2, 0.25) is 5.02 Å². The zero-order valence-corrected chi connectivity index (χ0v) is 13.1. The number of aromatic nitrogens is 1. The number of hydrogen-bond acceptors (Lipinski definition) is 4. The fourth-order valence-corrected chi connectivity index (χ4v) is 2.50. The molecule has 0 saturated carbocycles. The summed E-state index contributed by atoms with van der Waals surface area (Å²) in [5.74, 6) is -1.40. The molecule has 0 unspecified atom stereocenters. The van der Waals surface area contributed by atoms with Crippen LogP contribution in [0.4, 0.5) is 15.8 Å². The highest BCUT2D eigenvalue weighted by atomic mass is 35.5. The lowest BCUT2D eigenvalue weighted by molar-refractivity contribution is -0.384. The van der Waals surface area contributed by atoms with Crippen molar-refractivity contribution in [1.82, 2.24) is 4.98 Å². The van der Waals surface area contributed by atoms with Gasteiger partial charge in [0.25, 0.3) is 11.6 Å². The van der Waals surface area contributed by atoms with Crippen LogP contribution in [-0.2, 0) is 0 Å². The molecule has 1 aromatic heterocycles. The second kappa shape index (κ2) is 6.33. The number of anilines is 1. The fourth-order valence-electron chi connectivity index (χ4n) is 2.31. The number of aromatic amines is 1. The van der Waals surface area contributed by atoms with Crippen LogP contribution in [0, 0.1) is 15.9 Å². The molecule has 25 heavy (non-hydrogen) atoms. The Kier molecular flexibility index (Phi) is 4.20. The van der Waals surface area contributed by atoms with Crippen molar-refractivity contribution in [2.75, 3.05) is 5.32 Å². The predicted molar refractivity (Wildman–Crippen MR) is 90.6 cm³/mol. The minimum atomic E-state index is -0.788. The van der Waals surface area contributed by atoms with E-state index < -0.39 is 22.1 Å². The Labute approximate surface area is 144 Å². The average molecular weight is 362 g/mol. The number of carbonyl (C=O) groups excluding carboxylic acids is 1. The number of para-hydroxylation sites is 1. The van der Waals surface area contributed by atoms with Crippen LogP contribution in [0.1, 0.15) is 10.4 Å². The first kappa shape index (κ1) is 16.6. The molecular weight excluding hydrogens is 353 g/mol. The quantitative estimate of drug-likeness (QED) is 0.550. The molecule has 1 amide bonds. The zero-order valence-electron chi connectivity index (χ0n) is 12.4. The van der Waals surface area contributed by atoms with Crippen LogP contribution in [0.25, 0.3) is 10.9 Å². The van der Waals surface area contributed by atoms with E-state index in [1.54, 1.807) is 0 Å². The molecule has 3 rings (SSSR count). The van der Waals surface area contributed by atoms with Crippen LogP contribution in [0.3, 0.4) is 0 Å². The van der Waals surface area contributed by atoms with Crippen molar-refractivity contribution in [1.29, 1.82) is 0 Å². The van der Waals surface area contributed by atoms with Gasteiger partial charge >= 0.3 is 0 Å². The van der Waals surface area contributed by atoms with Crippen molar-refractivity contribution in [3.8, 4) is 0 Å². The summed E-state index contributed by atoms with van der Waals surface area (Å²) in [4.78, 5) is 37.4. The van der Waals surface area contributed by atoms with Crippen molar-refractivity contribution in [3.05, 3.63) is 79.3 Å². The van der Waals surface area contributed by atoms with Gasteiger partial charge in [-0.25, -0.2) is 4.39 Å². The number of nitrogens with zero attached hydrogens (tertiary/aromatic N) is 1. The van der Waals surface area contributed by atoms with E-state index in [-0.39, 0.29) is 32.9 Å². The number of rotatable bonds is 3. The van der Waals surface area contributed by atoms with Crippen LogP contribution < -0.4 is 10.7 Å². The number of nitrogens with one attached hydrogen (secondary N) is 2. The summed E-state index contributed by atoms with van der Waals surface area (Å²) in [5.41, 5.74) is -1.20. The maximum Gasteiger partial charge on any atom is 0.289 e. The van der Waals surface area contributed by atoms with Crippen molar-refractivity contribution in [3.63, 3.8) is 0 Å². The molecule has 1 heterocycles. The number of H-pyrrole nitrogens is 1. The standard InChI is InChI=1S/C16H9ClFN3O4/c17-11-5-4-8(6-13(11)21(24)25)20-16(23)10-7-19-14-9(15(10)22)2-1-3-12(14)18/h1-7H,(H,19,22)(H,20,23). The Bertz CT molecular complexity index is 1080. The first-order valence-corrected chi connectivity index (χ1v) is 7.31. The van der Waals surface area contributed by atoms with Gasteiger partial charge < -0.3 is 10.3 Å². The smallest absolute Gasteiger partial charge is 0.289 e. The van der Waals surface area contributed by atoms with Gasteiger partial charge in [0.05, 0.1) is 10.4 Å². The highest BCUT2D eigenvalue weighted by Crippen LogP contribution is 2.27. The van der Waals surface area contributed by atoms with E-state index in [1.165, 1.54) is 30.3 Å². The average Bonchev–Trinajstić information content (AvgIpc) is 2.57. The van der Waals surface area contributed by atoms with Crippen molar-refractivity contribution >= 4 is 39.8 Å². The number of nitro benzene ring substituents is 1. The van der Waals surface area contributed by atoms with Gasteiger partial charge in [-0.3, -0.25) is 19.7 Å². The highest BCUT2D eigenvalue weighted by Gasteiger charge is 2.17. The van der Waals surface area contributed by atoms with Gasteiger partial charge in [-0.05, 0) is 24.3 Å². The molecule has 0 aliphatic heterocycles. The third-order valence-corrected chi connectivity index (χ3v) is 3.83. The number of fused-ring (bicyclic) bond motifs is 1. The third kappa shape index (κ3) is 3.07. The fraction of sp³-hybridized carbons (Fsp3) is 0. The molecular formula is C16H9ClFN3O4. The molecule has 0 radical (unpaired) electrons. The molecule has 0 atom stereocenters. The first-order valence-electron chi connectivity index (χ1n) is 6.93. The number of pyridine rings is 1. The maximum absolute atomic E-state index is 13.7. The molecule has 0 saturated heterocycles. The number of carbonyl (C=O) groups is 1. The van der Waals surface area contributed by atoms with Gasteiger partial charge in [0.1, 0.15) is 16.4 Å². The van der Waals surface area contributed by atoms with Gasteiger partial charge in [0.2, 0.25) is 5.43 Å². The van der Waals surface area contributed by atoms with Crippen molar-refractivity contribution < 1.29 is 14.1 Å². The lowest BCUT2D eigenvalue weighted by atomic mass is 10.1. The van der Waals surface area contributed by atoms with Gasteiger partial charge in [-0.15, -0.1) is 0 Å². The van der Waals surface area contributed by atoms with E-state index >= 15 is 0 Å². The van der Waals surface area contributed by atoms with E-state index in [0.29, 0.717) is 0 Å². The lowest BCUT2D eigenvalue weighted by Crippen LogP contribution is -2.22. The molecule has 2 N–H and O–H groups in total. The summed E-state index contributed by atoms with van der Waals surface area (Å²) >= 11 is 5.71. The van der Waals surface area contributed by atoms with Crippen molar-refractivity contribution in [2.24, 2.45) is 0 Å². The van der Waals surface area contributed by atoms with E-state index in [1.807, 2.05) is 0 Å². The molecule has 0 spiro atoms. The summed E-state index contributed by atoms with van der Waals surface area (Å²) in [6, 6.07) is 7.63. The Morgan fingerprint density at radius 3 is 2.76 bits per heavy atom. The molecule has 0 aliphatic rings. The Hall–Kier alpha value is -3.26. The minimum Gasteiger partial charge on any atom is -0.358 e. The number of halogens is 2. The topological polar surface area (TPSA) is 105 Å². The summed E-state index contributed by atoms with van der Waals surface area (Å²) in [6.45, 7) is 0. The molecule has 126 valence electrons. The maximum atomic E-state index is 13.7. The predicted octanol–water partition coefficient (Wildman–Crippen LogP) is 3.48. The number of nitro groups is 1. The van der Waals surface area contributed by atoms with E-state index in [4.69, 9.17) is 11.6 Å². The van der Waals surface area contributed by atoms with Crippen LogP contribution in [-0.4, -0.2) is 15.8 Å². The van der Waals surface area contributed by atoms with Crippen LogP contribution in [0.5, 0.6) is 0 Å². The number of amides is 1. The van der Waals surface area contributed by atoms with Gasteiger partial charge in [-0.2, -0.15) is 0 Å². The Morgan fingerprint density at radius 1 is 1.28 bits per heavy atom. The molecule has 0 bridgehead atoms. The second-order valence-electron chi connectivity index (χ2n) is 5.07. The molecule has 3 aromatic rings. The largest absolute Gasteiger partial charge is 0.358 e. The molecule has 9 heteroatoms. The van der Waals surface area contributed by atoms with Gasteiger partial charge in [0.15, 0.2) is 0 Å². The van der Waals surface area contributed by atoms with Crippen LogP contribution in [0.15, 0.2) is 47.4 Å². The van der Waals surface area contributed by atoms with Gasteiger partial charge in [0, 0.05) is 23.3 Å². The molecule has 0 fully saturated rings. The third-order valence-electron chi connectivity index (χ3n) is 3.51. The zero-order chi connectivity index (χ0) is 18.1. The summed E-state index contributed by atoms with van der Waals surface area (Å²) in [6.07, 6.45) is 1.09. The minimum absolute atomic E-state index is 0.00817. The van der Waals surface area contributed by atoms with Gasteiger partial charge in [-0.1, -0.05) is 17.7 Å². The van der Waals surface area contributed by atoms with E-state index in [0.717, 1.165) is 12.3 Å². The van der Waals surface area contributed by atoms with Crippen LogP contribution >= 0.6 is 11.6 Å². The summed E-state index contributed by atoms with van der Waals surface area (Å²) < 4.78 is 13.7. The number of benzene rings is 2. The molecule has 2 aromatic carbocycles. The summed E-state index contributed by atoms with van der Waals surface area (Å²) in [7, 11) is 0. The Balaban J connectivity index is 1.98. The van der Waals surface area contributed by atoms with E-state index in [2.05, 4.69) is 10.3 Å². The molecule has 7 nitrogen and oxygen atoms in total. The van der Waals surface area contributed by atoms with E-state index in [9.17, 15) is 24.1 Å². The SMILES string of the molecule is O=C(Nc1ccc(Cl)c([N+](=O)[O-])c1)c1c[nH]c2c(F)cccc2c1=O. The Morgan fingerprint density at radius 2 is 2.04 bits per heavy atom. The lowest BCUT2D eigenvalue weighted by Gasteiger charge is -2.07. The normalized spacial score (nSPS) is 10.6. The summed E-state index contributed by atoms with van der Waals surface area (Å²) in [5, 5.41) is 13.2.